The lowest BCUT2D eigenvalue weighted by molar-refractivity contribution is -0.394. The highest BCUT2D eigenvalue weighted by Gasteiger charge is 2.18. The molecular formula is C13H8BrN3O4. The molecule has 0 unspecified atom stereocenters. The van der Waals surface area contributed by atoms with E-state index in [1.165, 1.54) is 18.3 Å². The van der Waals surface area contributed by atoms with Crippen molar-refractivity contribution in [2.45, 2.75) is 0 Å². The van der Waals surface area contributed by atoms with Gasteiger partial charge in [-0.05, 0) is 30.3 Å². The van der Waals surface area contributed by atoms with Crippen LogP contribution < -0.4 is 0 Å². The van der Waals surface area contributed by atoms with Crippen molar-refractivity contribution in [3.8, 4) is 0 Å². The van der Waals surface area contributed by atoms with Crippen LogP contribution in [0.3, 0.4) is 0 Å². The number of aliphatic imine (C=N–C) groups is 1. The lowest BCUT2D eigenvalue weighted by Gasteiger charge is -1.98. The van der Waals surface area contributed by atoms with Gasteiger partial charge in [0.1, 0.15) is 0 Å². The molecule has 0 fully saturated rings. The van der Waals surface area contributed by atoms with E-state index >= 15 is 0 Å². The highest BCUT2D eigenvalue weighted by Crippen LogP contribution is 2.24. The summed E-state index contributed by atoms with van der Waals surface area (Å²) < 4.78 is 0.891. The average molecular weight is 350 g/mol. The Labute approximate surface area is 127 Å². The second-order valence-corrected chi connectivity index (χ2v) is 4.91. The summed E-state index contributed by atoms with van der Waals surface area (Å²) in [5.74, 6) is 0. The van der Waals surface area contributed by atoms with Crippen molar-refractivity contribution in [1.82, 2.24) is 0 Å². The topological polar surface area (TPSA) is 98.6 Å². The van der Waals surface area contributed by atoms with Gasteiger partial charge in [0.15, 0.2) is 0 Å². The maximum Gasteiger partial charge on any atom is 0.285 e. The van der Waals surface area contributed by atoms with E-state index in [1.54, 1.807) is 24.3 Å². The van der Waals surface area contributed by atoms with Crippen molar-refractivity contribution in [3.63, 3.8) is 0 Å². The van der Waals surface area contributed by atoms with Crippen LogP contribution in [0.1, 0.15) is 5.56 Å². The SMILES string of the molecule is O=[N+]([O-])c1ccc(C=Nc2ccc(Br)cc2)c([N+](=O)[O-])c1. The summed E-state index contributed by atoms with van der Waals surface area (Å²) in [5.41, 5.74) is 0.131. The van der Waals surface area contributed by atoms with Gasteiger partial charge in [0.05, 0.1) is 27.2 Å². The minimum Gasteiger partial charge on any atom is -0.258 e. The third kappa shape index (κ3) is 3.69. The maximum atomic E-state index is 11.0. The zero-order valence-electron chi connectivity index (χ0n) is 10.5. The number of nitro benzene ring substituents is 2. The number of hydrogen-bond donors (Lipinski definition) is 0. The average Bonchev–Trinajstić information content (AvgIpc) is 2.46. The molecular weight excluding hydrogens is 342 g/mol. The van der Waals surface area contributed by atoms with E-state index in [9.17, 15) is 20.2 Å². The zero-order valence-corrected chi connectivity index (χ0v) is 12.1. The van der Waals surface area contributed by atoms with Crippen molar-refractivity contribution in [2.75, 3.05) is 0 Å². The lowest BCUT2D eigenvalue weighted by Crippen LogP contribution is -1.97. The Bertz CT molecular complexity index is 729. The quantitative estimate of drug-likeness (QED) is 0.472. The number of non-ortho nitro benzene ring substituents is 1. The van der Waals surface area contributed by atoms with Gasteiger partial charge in [-0.3, -0.25) is 25.2 Å². The van der Waals surface area contributed by atoms with E-state index in [-0.39, 0.29) is 16.9 Å². The molecule has 2 aromatic carbocycles. The number of benzene rings is 2. The number of rotatable bonds is 4. The highest BCUT2D eigenvalue weighted by molar-refractivity contribution is 9.10. The van der Waals surface area contributed by atoms with Gasteiger partial charge in [0.2, 0.25) is 0 Å². The largest absolute Gasteiger partial charge is 0.285 e. The van der Waals surface area contributed by atoms with Gasteiger partial charge < -0.3 is 0 Å². The molecule has 0 amide bonds. The summed E-state index contributed by atoms with van der Waals surface area (Å²) in [6, 6.07) is 10.5. The fraction of sp³-hybridized carbons (Fsp3) is 0. The molecule has 0 aliphatic rings. The van der Waals surface area contributed by atoms with Crippen LogP contribution in [0.2, 0.25) is 0 Å². The first-order valence-electron chi connectivity index (χ1n) is 5.70. The Morgan fingerprint density at radius 3 is 2.24 bits per heavy atom. The minimum absolute atomic E-state index is 0.202. The van der Waals surface area contributed by atoms with E-state index in [1.807, 2.05) is 0 Å². The third-order valence-corrected chi connectivity index (χ3v) is 3.13. The fourth-order valence-corrected chi connectivity index (χ4v) is 1.85. The van der Waals surface area contributed by atoms with Crippen LogP contribution in [0.15, 0.2) is 51.9 Å². The molecule has 0 N–H and O–H groups in total. The smallest absolute Gasteiger partial charge is 0.258 e. The molecule has 0 spiro atoms. The van der Waals surface area contributed by atoms with Crippen LogP contribution in [0, 0.1) is 20.2 Å². The molecule has 2 aromatic rings. The first-order chi connectivity index (χ1) is 9.97. The summed E-state index contributed by atoms with van der Waals surface area (Å²) in [5, 5.41) is 21.6. The second kappa shape index (κ2) is 6.23. The third-order valence-electron chi connectivity index (χ3n) is 2.60. The van der Waals surface area contributed by atoms with Crippen molar-refractivity contribution in [3.05, 3.63) is 72.7 Å². The van der Waals surface area contributed by atoms with Gasteiger partial charge in [-0.2, -0.15) is 0 Å². The van der Waals surface area contributed by atoms with Gasteiger partial charge >= 0.3 is 0 Å². The zero-order chi connectivity index (χ0) is 15.4. The summed E-state index contributed by atoms with van der Waals surface area (Å²) in [6.07, 6.45) is 1.31. The second-order valence-electron chi connectivity index (χ2n) is 3.99. The predicted octanol–water partition coefficient (Wildman–Crippen LogP) is 4.02. The van der Waals surface area contributed by atoms with Gasteiger partial charge in [0.25, 0.3) is 11.4 Å². The molecule has 106 valence electrons. The molecule has 0 aliphatic carbocycles. The van der Waals surface area contributed by atoms with Crippen molar-refractivity contribution >= 4 is 39.2 Å². The predicted molar refractivity (Wildman–Crippen MR) is 81.1 cm³/mol. The fourth-order valence-electron chi connectivity index (χ4n) is 1.58. The molecule has 0 heterocycles. The number of hydrogen-bond acceptors (Lipinski definition) is 5. The first kappa shape index (κ1) is 14.8. The van der Waals surface area contributed by atoms with Crippen LogP contribution >= 0.6 is 15.9 Å². The molecule has 7 nitrogen and oxygen atoms in total. The van der Waals surface area contributed by atoms with E-state index in [0.29, 0.717) is 5.69 Å². The van der Waals surface area contributed by atoms with Crippen LogP contribution in [-0.2, 0) is 0 Å². The molecule has 0 bridgehead atoms. The van der Waals surface area contributed by atoms with Gasteiger partial charge in [-0.1, -0.05) is 15.9 Å². The Balaban J connectivity index is 2.37. The number of nitro groups is 2. The molecule has 21 heavy (non-hydrogen) atoms. The van der Waals surface area contributed by atoms with E-state index in [4.69, 9.17) is 0 Å². The van der Waals surface area contributed by atoms with Crippen molar-refractivity contribution in [1.29, 1.82) is 0 Å². The molecule has 0 saturated carbocycles. The minimum atomic E-state index is -0.678. The normalized spacial score (nSPS) is 10.7. The van der Waals surface area contributed by atoms with Crippen molar-refractivity contribution < 1.29 is 9.85 Å². The van der Waals surface area contributed by atoms with Gasteiger partial charge in [-0.25, -0.2) is 0 Å². The standard InChI is InChI=1S/C13H8BrN3O4/c14-10-2-4-11(5-3-10)15-8-9-1-6-12(16(18)19)7-13(9)17(20)21/h1-8H. The number of halogens is 1. The Morgan fingerprint density at radius 1 is 1.00 bits per heavy atom. The molecule has 0 aromatic heterocycles. The van der Waals surface area contributed by atoms with Crippen LogP contribution in [-0.4, -0.2) is 16.1 Å². The van der Waals surface area contributed by atoms with Crippen molar-refractivity contribution in [2.24, 2.45) is 4.99 Å². The lowest BCUT2D eigenvalue weighted by atomic mass is 10.2. The Morgan fingerprint density at radius 2 is 1.67 bits per heavy atom. The van der Waals surface area contributed by atoms with Crippen LogP contribution in [0.4, 0.5) is 17.1 Å². The van der Waals surface area contributed by atoms with Gasteiger partial charge in [-0.15, -0.1) is 0 Å². The first-order valence-corrected chi connectivity index (χ1v) is 6.49. The Hall–Kier alpha value is -2.61. The van der Waals surface area contributed by atoms with E-state index < -0.39 is 9.85 Å². The van der Waals surface area contributed by atoms with Crippen LogP contribution in [0.25, 0.3) is 0 Å². The van der Waals surface area contributed by atoms with E-state index in [0.717, 1.165) is 10.5 Å². The van der Waals surface area contributed by atoms with Gasteiger partial charge in [0, 0.05) is 16.8 Å². The highest BCUT2D eigenvalue weighted by atomic mass is 79.9. The monoisotopic (exact) mass is 349 g/mol. The number of nitrogens with zero attached hydrogens (tertiary/aromatic N) is 3. The molecule has 2 rings (SSSR count). The van der Waals surface area contributed by atoms with E-state index in [2.05, 4.69) is 20.9 Å². The summed E-state index contributed by atoms with van der Waals surface area (Å²) >= 11 is 3.29. The maximum absolute atomic E-state index is 11.0. The summed E-state index contributed by atoms with van der Waals surface area (Å²) in [4.78, 5) is 24.4. The Kier molecular flexibility index (Phi) is 4.39. The molecule has 0 atom stereocenters. The molecule has 0 aliphatic heterocycles. The molecule has 0 radical (unpaired) electrons. The summed E-state index contributed by atoms with van der Waals surface area (Å²) in [7, 11) is 0. The van der Waals surface area contributed by atoms with Crippen LogP contribution in [0.5, 0.6) is 0 Å². The molecule has 0 saturated heterocycles. The summed E-state index contributed by atoms with van der Waals surface area (Å²) in [6.45, 7) is 0. The molecule has 8 heteroatoms.